The Hall–Kier alpha value is -2.23. The van der Waals surface area contributed by atoms with Gasteiger partial charge in [-0.25, -0.2) is 9.89 Å². The summed E-state index contributed by atoms with van der Waals surface area (Å²) >= 11 is 0. The van der Waals surface area contributed by atoms with Crippen molar-refractivity contribution in [1.29, 1.82) is 0 Å². The summed E-state index contributed by atoms with van der Waals surface area (Å²) in [6.07, 6.45) is 2.54. The minimum Gasteiger partial charge on any atom is -0.465 e. The summed E-state index contributed by atoms with van der Waals surface area (Å²) < 4.78 is 6.41. The van der Waals surface area contributed by atoms with Crippen molar-refractivity contribution in [2.45, 2.75) is 12.6 Å². The number of nitrogens with one attached hydrogen (secondary N) is 1. The Morgan fingerprint density at radius 3 is 2.72 bits per heavy atom. The maximum atomic E-state index is 12.0. The van der Waals surface area contributed by atoms with Crippen molar-refractivity contribution < 1.29 is 14.6 Å². The number of piperazine rings is 1. The molecule has 0 aromatic heterocycles. The van der Waals surface area contributed by atoms with Gasteiger partial charge in [0.05, 0.1) is 18.8 Å². The molecule has 0 saturated carbocycles. The van der Waals surface area contributed by atoms with Gasteiger partial charge in [-0.2, -0.15) is 5.10 Å². The highest BCUT2D eigenvalue weighted by molar-refractivity contribution is 5.95. The van der Waals surface area contributed by atoms with Crippen LogP contribution in [0.1, 0.15) is 10.4 Å². The lowest BCUT2D eigenvalue weighted by atomic mass is 10.1. The third-order valence-electron chi connectivity index (χ3n) is 4.51. The zero-order valence-electron chi connectivity index (χ0n) is 14.4. The number of carbonyl (C=O) groups excluding carboxylic acids is 1. The third kappa shape index (κ3) is 3.89. The topological polar surface area (TPSA) is 104 Å². The molecule has 0 spiro atoms. The first-order valence-corrected chi connectivity index (χ1v) is 8.23. The van der Waals surface area contributed by atoms with E-state index in [0.29, 0.717) is 12.1 Å². The minimum atomic E-state index is -0.613. The number of fused-ring (bicyclic) bond motifs is 1. The number of methoxy groups -OCH3 is 1. The summed E-state index contributed by atoms with van der Waals surface area (Å²) in [4.78, 5) is 28.3. The van der Waals surface area contributed by atoms with Gasteiger partial charge < -0.3 is 19.3 Å². The molecular weight excluding hydrogens is 326 g/mol. The number of H-pyrrole nitrogens is 1. The van der Waals surface area contributed by atoms with E-state index in [9.17, 15) is 14.7 Å². The molecule has 9 heteroatoms. The van der Waals surface area contributed by atoms with Gasteiger partial charge in [0.15, 0.2) is 0 Å². The van der Waals surface area contributed by atoms with Crippen LogP contribution in [0.5, 0.6) is 0 Å². The van der Waals surface area contributed by atoms with Crippen LogP contribution >= 0.6 is 0 Å². The average molecular weight is 349 g/mol. The van der Waals surface area contributed by atoms with E-state index in [2.05, 4.69) is 27.0 Å². The molecule has 25 heavy (non-hydrogen) atoms. The van der Waals surface area contributed by atoms with Gasteiger partial charge >= 0.3 is 5.97 Å². The SMILES string of the molecule is COC(=O)c1cn(CC(O)CN2CCN(C)CC2)cc2c(=O)[nH]nc1-2. The molecular formula is C16H23N5O4. The molecule has 3 aliphatic heterocycles. The average Bonchev–Trinajstić information content (AvgIpc) is 2.97. The first kappa shape index (κ1) is 17.6. The van der Waals surface area contributed by atoms with E-state index in [0.717, 1.165) is 26.2 Å². The molecule has 3 rings (SSSR count). The van der Waals surface area contributed by atoms with Crippen LogP contribution in [0.4, 0.5) is 0 Å². The number of hydrogen-bond acceptors (Lipinski definition) is 7. The second-order valence-electron chi connectivity index (χ2n) is 6.43. The highest BCUT2D eigenvalue weighted by Crippen LogP contribution is 2.20. The largest absolute Gasteiger partial charge is 0.465 e. The van der Waals surface area contributed by atoms with Crippen molar-refractivity contribution in [3.05, 3.63) is 28.3 Å². The van der Waals surface area contributed by atoms with Crippen LogP contribution in [-0.2, 0) is 11.3 Å². The fourth-order valence-electron chi connectivity index (χ4n) is 3.08. The Morgan fingerprint density at radius 1 is 1.32 bits per heavy atom. The normalized spacial score (nSPS) is 17.7. The number of pyridine rings is 1. The van der Waals surface area contributed by atoms with Crippen molar-refractivity contribution in [1.82, 2.24) is 24.6 Å². The molecule has 0 aromatic rings. The molecule has 1 atom stereocenters. The van der Waals surface area contributed by atoms with Gasteiger partial charge in [0, 0.05) is 51.7 Å². The van der Waals surface area contributed by atoms with E-state index in [1.54, 1.807) is 17.0 Å². The summed E-state index contributed by atoms with van der Waals surface area (Å²) in [6.45, 7) is 4.60. The predicted octanol–water partition coefficient (Wildman–Crippen LogP) is -0.929. The fraction of sp³-hybridized carbons (Fsp3) is 0.562. The maximum Gasteiger partial charge on any atom is 0.341 e. The highest BCUT2D eigenvalue weighted by atomic mass is 16.5. The molecule has 0 aliphatic carbocycles. The number of rotatable bonds is 5. The standard InChI is InChI=1S/C16H23N5O4/c1-19-3-5-20(6-4-19)7-11(22)8-21-9-12-14(17-18-15(12)23)13(10-21)16(24)25-2/h9-11,22H,3-8H2,1-2H3,(H,18,23). The molecule has 1 unspecified atom stereocenters. The van der Waals surface area contributed by atoms with E-state index in [4.69, 9.17) is 4.74 Å². The van der Waals surface area contributed by atoms with Crippen molar-refractivity contribution in [3.8, 4) is 11.3 Å². The van der Waals surface area contributed by atoms with Gasteiger partial charge in [0.1, 0.15) is 11.3 Å². The van der Waals surface area contributed by atoms with Gasteiger partial charge in [0.25, 0.3) is 5.56 Å². The first-order chi connectivity index (χ1) is 12.0. The molecule has 0 amide bonds. The number of esters is 1. The smallest absolute Gasteiger partial charge is 0.341 e. The second kappa shape index (κ2) is 7.34. The Kier molecular flexibility index (Phi) is 5.16. The molecule has 1 saturated heterocycles. The number of β-amino-alcohol motifs (C(OH)–C–C–N with tert-alkyl or cyclic N) is 1. The van der Waals surface area contributed by atoms with Crippen molar-refractivity contribution in [3.63, 3.8) is 0 Å². The zero-order valence-corrected chi connectivity index (χ0v) is 14.4. The van der Waals surface area contributed by atoms with Gasteiger partial charge in [-0.3, -0.25) is 9.69 Å². The third-order valence-corrected chi connectivity index (χ3v) is 4.51. The summed E-state index contributed by atoms with van der Waals surface area (Å²) in [6, 6.07) is 0. The molecule has 1 fully saturated rings. The number of aromatic nitrogens is 3. The number of carbonyl (C=O) groups is 1. The molecule has 136 valence electrons. The maximum absolute atomic E-state index is 12.0. The van der Waals surface area contributed by atoms with E-state index in [1.807, 2.05) is 0 Å². The van der Waals surface area contributed by atoms with Gasteiger partial charge in [-0.05, 0) is 7.05 Å². The summed E-state index contributed by atoms with van der Waals surface area (Å²) in [5.41, 5.74) is 0.407. The monoisotopic (exact) mass is 349 g/mol. The second-order valence-corrected chi connectivity index (χ2v) is 6.43. The van der Waals surface area contributed by atoms with Crippen molar-refractivity contribution in [2.24, 2.45) is 0 Å². The number of nitrogens with zero attached hydrogens (tertiary/aromatic N) is 4. The van der Waals surface area contributed by atoms with Gasteiger partial charge in [0.2, 0.25) is 0 Å². The van der Waals surface area contributed by atoms with E-state index >= 15 is 0 Å². The Morgan fingerprint density at radius 2 is 2.04 bits per heavy atom. The van der Waals surface area contributed by atoms with Crippen LogP contribution in [0, 0.1) is 0 Å². The lowest BCUT2D eigenvalue weighted by Gasteiger charge is -2.33. The lowest BCUT2D eigenvalue weighted by Crippen LogP contribution is -2.47. The van der Waals surface area contributed by atoms with E-state index in [1.165, 1.54) is 7.11 Å². The number of aliphatic hydroxyl groups excluding tert-OH is 1. The zero-order chi connectivity index (χ0) is 18.0. The quantitative estimate of drug-likeness (QED) is 0.672. The Bertz CT molecular complexity index is 762. The molecule has 0 aromatic carbocycles. The molecule has 0 radical (unpaired) electrons. The number of aliphatic hydroxyl groups is 1. The van der Waals surface area contributed by atoms with Gasteiger partial charge in [-0.15, -0.1) is 0 Å². The van der Waals surface area contributed by atoms with Crippen LogP contribution in [0.15, 0.2) is 17.2 Å². The highest BCUT2D eigenvalue weighted by Gasteiger charge is 2.23. The van der Waals surface area contributed by atoms with Crippen molar-refractivity contribution in [2.75, 3.05) is 46.9 Å². The summed E-state index contributed by atoms with van der Waals surface area (Å²) in [5, 5.41) is 16.6. The molecule has 2 N–H and O–H groups in total. The van der Waals surface area contributed by atoms with Crippen LogP contribution in [0.3, 0.4) is 0 Å². The Balaban J connectivity index is 1.76. The molecule has 3 aliphatic rings. The molecule has 9 nitrogen and oxygen atoms in total. The predicted molar refractivity (Wildman–Crippen MR) is 90.8 cm³/mol. The number of hydrogen-bond donors (Lipinski definition) is 2. The molecule has 3 heterocycles. The van der Waals surface area contributed by atoms with Crippen LogP contribution in [-0.4, -0.2) is 88.6 Å². The van der Waals surface area contributed by atoms with Crippen LogP contribution in [0.2, 0.25) is 0 Å². The number of aromatic amines is 1. The first-order valence-electron chi connectivity index (χ1n) is 8.23. The molecule has 0 bridgehead atoms. The van der Waals surface area contributed by atoms with E-state index in [-0.39, 0.29) is 23.4 Å². The van der Waals surface area contributed by atoms with E-state index < -0.39 is 12.1 Å². The van der Waals surface area contributed by atoms with Crippen LogP contribution < -0.4 is 5.56 Å². The summed E-state index contributed by atoms with van der Waals surface area (Å²) in [5.74, 6) is -0.570. The number of ether oxygens (including phenoxy) is 1. The Labute approximate surface area is 145 Å². The number of likely N-dealkylation sites (N-methyl/N-ethyl adjacent to an activating group) is 1. The minimum absolute atomic E-state index is 0.199. The summed E-state index contributed by atoms with van der Waals surface area (Å²) in [7, 11) is 3.36. The van der Waals surface area contributed by atoms with Gasteiger partial charge in [-0.1, -0.05) is 0 Å². The van der Waals surface area contributed by atoms with Crippen LogP contribution in [0.25, 0.3) is 11.3 Å². The van der Waals surface area contributed by atoms with Crippen molar-refractivity contribution >= 4 is 5.97 Å². The fourth-order valence-corrected chi connectivity index (χ4v) is 3.08. The lowest BCUT2D eigenvalue weighted by molar-refractivity contribution is 0.0596.